The van der Waals surface area contributed by atoms with Crippen LogP contribution in [0, 0.1) is 0 Å². The van der Waals surface area contributed by atoms with Crippen LogP contribution in [0.3, 0.4) is 0 Å². The molecule has 1 aliphatic heterocycles. The van der Waals surface area contributed by atoms with Gasteiger partial charge >= 0.3 is 0 Å². The van der Waals surface area contributed by atoms with E-state index in [0.29, 0.717) is 13.3 Å². The molecule has 0 bridgehead atoms. The number of anilines is 2. The second-order valence-electron chi connectivity index (χ2n) is 3.87. The maximum Gasteiger partial charge on any atom is 0.123 e. The molecule has 2 nitrogen and oxygen atoms in total. The van der Waals surface area contributed by atoms with Gasteiger partial charge in [0.15, 0.2) is 0 Å². The fraction of sp³-hybridized carbons (Fsp3) is 0.143. The first-order chi connectivity index (χ1) is 7.95. The summed E-state index contributed by atoms with van der Waals surface area (Å²) in [6.07, 6.45) is 0. The highest BCUT2D eigenvalue weighted by molar-refractivity contribution is 5.66. The minimum atomic E-state index is 0.626. The molecule has 0 N–H and O–H groups in total. The first kappa shape index (κ1) is 9.43. The zero-order valence-electron chi connectivity index (χ0n) is 8.97. The molecule has 1 aliphatic rings. The van der Waals surface area contributed by atoms with Gasteiger partial charge in [-0.05, 0) is 18.2 Å². The molecule has 16 heavy (non-hydrogen) atoms. The van der Waals surface area contributed by atoms with Gasteiger partial charge in [-0.25, -0.2) is 0 Å². The average Bonchev–Trinajstić information content (AvgIpc) is 2.39. The molecule has 0 atom stereocenters. The van der Waals surface area contributed by atoms with Crippen LogP contribution in [-0.2, 0) is 11.3 Å². The second kappa shape index (κ2) is 3.99. The van der Waals surface area contributed by atoms with Crippen molar-refractivity contribution in [1.82, 2.24) is 0 Å². The molecule has 0 aliphatic carbocycles. The second-order valence-corrected chi connectivity index (χ2v) is 3.87. The van der Waals surface area contributed by atoms with Crippen LogP contribution < -0.4 is 4.90 Å². The highest BCUT2D eigenvalue weighted by atomic mass is 16.5. The Balaban J connectivity index is 2.05. The third-order valence-corrected chi connectivity index (χ3v) is 2.83. The summed E-state index contributed by atoms with van der Waals surface area (Å²) in [7, 11) is 0. The standard InChI is InChI=1S/C14H13NO/c1-2-7-13(8-3-1)15-11-16-10-12-6-4-5-9-14(12)15/h1-9H,10-11H2. The Hall–Kier alpha value is -1.80. The maximum absolute atomic E-state index is 5.59. The number of hydrogen-bond donors (Lipinski definition) is 0. The molecule has 80 valence electrons. The molecule has 0 unspecified atom stereocenters. The number of para-hydroxylation sites is 2. The molecule has 1 heterocycles. The van der Waals surface area contributed by atoms with Crippen molar-refractivity contribution in [1.29, 1.82) is 0 Å². The van der Waals surface area contributed by atoms with Crippen molar-refractivity contribution >= 4 is 11.4 Å². The molecule has 2 aromatic rings. The van der Waals surface area contributed by atoms with E-state index in [9.17, 15) is 0 Å². The van der Waals surface area contributed by atoms with Crippen molar-refractivity contribution in [2.45, 2.75) is 6.61 Å². The van der Waals surface area contributed by atoms with Crippen molar-refractivity contribution < 1.29 is 4.74 Å². The summed E-state index contributed by atoms with van der Waals surface area (Å²) in [6, 6.07) is 18.7. The zero-order valence-corrected chi connectivity index (χ0v) is 8.97. The topological polar surface area (TPSA) is 12.5 Å². The van der Waals surface area contributed by atoms with Crippen LogP contribution in [0.25, 0.3) is 0 Å². The van der Waals surface area contributed by atoms with Crippen LogP contribution in [0.4, 0.5) is 11.4 Å². The SMILES string of the molecule is c1ccc(N2COCc3ccccc32)cc1. The summed E-state index contributed by atoms with van der Waals surface area (Å²) in [6.45, 7) is 1.33. The molecular formula is C14H13NO. The van der Waals surface area contributed by atoms with E-state index in [1.54, 1.807) is 0 Å². The van der Waals surface area contributed by atoms with Gasteiger partial charge in [-0.1, -0.05) is 36.4 Å². The van der Waals surface area contributed by atoms with E-state index in [1.165, 1.54) is 16.9 Å². The van der Waals surface area contributed by atoms with Crippen LogP contribution in [0.5, 0.6) is 0 Å². The molecule has 0 saturated carbocycles. The smallest absolute Gasteiger partial charge is 0.123 e. The minimum Gasteiger partial charge on any atom is -0.356 e. The molecule has 0 aromatic heterocycles. The zero-order chi connectivity index (χ0) is 10.8. The van der Waals surface area contributed by atoms with E-state index in [2.05, 4.69) is 41.3 Å². The molecule has 0 saturated heterocycles. The summed E-state index contributed by atoms with van der Waals surface area (Å²) >= 11 is 0. The van der Waals surface area contributed by atoms with E-state index in [1.807, 2.05) is 18.2 Å². The van der Waals surface area contributed by atoms with E-state index < -0.39 is 0 Å². The fourth-order valence-electron chi connectivity index (χ4n) is 2.03. The average molecular weight is 211 g/mol. The Morgan fingerprint density at radius 1 is 0.875 bits per heavy atom. The fourth-order valence-corrected chi connectivity index (χ4v) is 2.03. The Labute approximate surface area is 95.1 Å². The summed E-state index contributed by atoms with van der Waals surface area (Å²) < 4.78 is 5.59. The van der Waals surface area contributed by atoms with E-state index >= 15 is 0 Å². The van der Waals surface area contributed by atoms with Gasteiger partial charge in [0, 0.05) is 16.9 Å². The predicted octanol–water partition coefficient (Wildman–Crippen LogP) is 3.31. The molecule has 3 rings (SSSR count). The Morgan fingerprint density at radius 3 is 2.50 bits per heavy atom. The number of hydrogen-bond acceptors (Lipinski definition) is 2. The maximum atomic E-state index is 5.59. The van der Waals surface area contributed by atoms with E-state index in [0.717, 1.165) is 0 Å². The minimum absolute atomic E-state index is 0.626. The summed E-state index contributed by atoms with van der Waals surface area (Å²) in [5.74, 6) is 0. The predicted molar refractivity (Wildman–Crippen MR) is 64.7 cm³/mol. The van der Waals surface area contributed by atoms with Crippen molar-refractivity contribution in [3.05, 3.63) is 60.2 Å². The van der Waals surface area contributed by atoms with Crippen molar-refractivity contribution in [2.24, 2.45) is 0 Å². The highest BCUT2D eigenvalue weighted by Gasteiger charge is 2.17. The van der Waals surface area contributed by atoms with Crippen LogP contribution in [0.2, 0.25) is 0 Å². The van der Waals surface area contributed by atoms with Crippen LogP contribution >= 0.6 is 0 Å². The normalized spacial score (nSPS) is 14.6. The largest absolute Gasteiger partial charge is 0.356 e. The Morgan fingerprint density at radius 2 is 1.62 bits per heavy atom. The van der Waals surface area contributed by atoms with Gasteiger partial charge in [-0.3, -0.25) is 0 Å². The molecule has 0 spiro atoms. The van der Waals surface area contributed by atoms with Crippen LogP contribution in [0.15, 0.2) is 54.6 Å². The van der Waals surface area contributed by atoms with Crippen molar-refractivity contribution in [3.63, 3.8) is 0 Å². The number of rotatable bonds is 1. The summed E-state index contributed by atoms with van der Waals surface area (Å²) in [5, 5.41) is 0. The number of benzene rings is 2. The number of ether oxygens (including phenoxy) is 1. The van der Waals surface area contributed by atoms with Gasteiger partial charge < -0.3 is 9.64 Å². The molecule has 2 heteroatoms. The lowest BCUT2D eigenvalue weighted by molar-refractivity contribution is 0.117. The van der Waals surface area contributed by atoms with Gasteiger partial charge in [0.25, 0.3) is 0 Å². The third-order valence-electron chi connectivity index (χ3n) is 2.83. The molecule has 2 aromatic carbocycles. The van der Waals surface area contributed by atoms with Gasteiger partial charge in [0.2, 0.25) is 0 Å². The van der Waals surface area contributed by atoms with E-state index in [4.69, 9.17) is 4.74 Å². The van der Waals surface area contributed by atoms with Crippen molar-refractivity contribution in [3.8, 4) is 0 Å². The van der Waals surface area contributed by atoms with Gasteiger partial charge in [-0.15, -0.1) is 0 Å². The van der Waals surface area contributed by atoms with Gasteiger partial charge in [0.1, 0.15) is 6.73 Å². The third kappa shape index (κ3) is 1.57. The Kier molecular flexibility index (Phi) is 2.35. The van der Waals surface area contributed by atoms with Crippen LogP contribution in [-0.4, -0.2) is 6.73 Å². The Bertz CT molecular complexity index is 481. The molecule has 0 fully saturated rings. The van der Waals surface area contributed by atoms with Crippen molar-refractivity contribution in [2.75, 3.05) is 11.6 Å². The number of fused-ring (bicyclic) bond motifs is 1. The highest BCUT2D eigenvalue weighted by Crippen LogP contribution is 2.31. The quantitative estimate of drug-likeness (QED) is 0.717. The molecular weight excluding hydrogens is 198 g/mol. The lowest BCUT2D eigenvalue weighted by atomic mass is 10.1. The van der Waals surface area contributed by atoms with Gasteiger partial charge in [0.05, 0.1) is 6.61 Å². The van der Waals surface area contributed by atoms with Crippen LogP contribution in [0.1, 0.15) is 5.56 Å². The monoisotopic (exact) mass is 211 g/mol. The number of nitrogens with zero attached hydrogens (tertiary/aromatic N) is 1. The lowest BCUT2D eigenvalue weighted by Crippen LogP contribution is -2.26. The molecule has 0 radical (unpaired) electrons. The summed E-state index contributed by atoms with van der Waals surface area (Å²) in [4.78, 5) is 2.19. The lowest BCUT2D eigenvalue weighted by Gasteiger charge is -2.31. The first-order valence-electron chi connectivity index (χ1n) is 5.43. The van der Waals surface area contributed by atoms with Gasteiger partial charge in [-0.2, -0.15) is 0 Å². The molecule has 0 amide bonds. The first-order valence-corrected chi connectivity index (χ1v) is 5.43. The van der Waals surface area contributed by atoms with E-state index in [-0.39, 0.29) is 0 Å². The summed E-state index contributed by atoms with van der Waals surface area (Å²) in [5.41, 5.74) is 3.67.